The van der Waals surface area contributed by atoms with Gasteiger partial charge in [0.05, 0.1) is 23.0 Å². The van der Waals surface area contributed by atoms with E-state index in [4.69, 9.17) is 4.52 Å². The highest BCUT2D eigenvalue weighted by Gasteiger charge is 2.19. The third-order valence-electron chi connectivity index (χ3n) is 3.04. The Balaban J connectivity index is 2.21. The van der Waals surface area contributed by atoms with Crippen molar-refractivity contribution in [1.82, 2.24) is 10.1 Å². The lowest BCUT2D eigenvalue weighted by atomic mass is 10.0. The molecule has 0 aliphatic carbocycles. The number of hydrogen-bond acceptors (Lipinski definition) is 5. The third kappa shape index (κ3) is 1.99. The lowest BCUT2D eigenvalue weighted by Gasteiger charge is -2.08. The van der Waals surface area contributed by atoms with Crippen LogP contribution >= 0.6 is 0 Å². The summed E-state index contributed by atoms with van der Waals surface area (Å²) in [6.07, 6.45) is 3.24. The fourth-order valence-electron chi connectivity index (χ4n) is 2.17. The first kappa shape index (κ1) is 12.2. The van der Waals surface area contributed by atoms with E-state index in [1.54, 1.807) is 25.4 Å². The van der Waals surface area contributed by atoms with Crippen molar-refractivity contribution in [3.8, 4) is 34.1 Å². The summed E-state index contributed by atoms with van der Waals surface area (Å²) in [5.41, 5.74) is 2.59. The largest absolute Gasteiger partial charge is 0.508 e. The summed E-state index contributed by atoms with van der Waals surface area (Å²) in [7, 11) is 0. The van der Waals surface area contributed by atoms with Gasteiger partial charge in [-0.15, -0.1) is 0 Å². The zero-order valence-corrected chi connectivity index (χ0v) is 10.7. The van der Waals surface area contributed by atoms with Crippen molar-refractivity contribution in [3.63, 3.8) is 0 Å². The van der Waals surface area contributed by atoms with E-state index in [9.17, 15) is 10.2 Å². The molecule has 0 radical (unpaired) electrons. The van der Waals surface area contributed by atoms with Crippen LogP contribution in [0.1, 0.15) is 5.56 Å². The van der Waals surface area contributed by atoms with E-state index in [2.05, 4.69) is 10.1 Å². The molecule has 0 saturated heterocycles. The summed E-state index contributed by atoms with van der Waals surface area (Å²) in [6.45, 7) is 1.78. The van der Waals surface area contributed by atoms with Crippen molar-refractivity contribution in [1.29, 1.82) is 0 Å². The van der Waals surface area contributed by atoms with Crippen molar-refractivity contribution < 1.29 is 14.7 Å². The van der Waals surface area contributed by atoms with Crippen LogP contribution in [0.4, 0.5) is 0 Å². The molecule has 1 aromatic carbocycles. The zero-order valence-electron chi connectivity index (χ0n) is 10.7. The monoisotopic (exact) mass is 268 g/mol. The number of phenolic OH excluding ortho intramolecular Hbond substituents is 2. The molecule has 2 heterocycles. The lowest BCUT2D eigenvalue weighted by molar-refractivity contribution is 0.423. The number of nitrogens with zero attached hydrogens (tertiary/aromatic N) is 2. The van der Waals surface area contributed by atoms with Crippen LogP contribution in [0.2, 0.25) is 0 Å². The Hall–Kier alpha value is -2.82. The Labute approximate surface area is 115 Å². The second-order valence-corrected chi connectivity index (χ2v) is 4.44. The number of benzene rings is 1. The van der Waals surface area contributed by atoms with Gasteiger partial charge in [-0.3, -0.25) is 4.98 Å². The SMILES string of the molecule is Cc1cc(O)cc(O)c1-c1oncc1-c1ccccn1. The molecule has 0 aliphatic rings. The van der Waals surface area contributed by atoms with Crippen LogP contribution in [0.5, 0.6) is 11.5 Å². The van der Waals surface area contributed by atoms with Gasteiger partial charge < -0.3 is 14.7 Å². The van der Waals surface area contributed by atoms with E-state index in [1.165, 1.54) is 6.07 Å². The van der Waals surface area contributed by atoms with Crippen LogP contribution in [0.15, 0.2) is 47.2 Å². The molecule has 0 spiro atoms. The van der Waals surface area contributed by atoms with Crippen molar-refractivity contribution in [2.24, 2.45) is 0 Å². The van der Waals surface area contributed by atoms with Crippen LogP contribution in [0, 0.1) is 6.92 Å². The Morgan fingerprint density at radius 1 is 1.15 bits per heavy atom. The number of pyridine rings is 1. The third-order valence-corrected chi connectivity index (χ3v) is 3.04. The van der Waals surface area contributed by atoms with Gasteiger partial charge in [-0.2, -0.15) is 0 Å². The highest BCUT2D eigenvalue weighted by atomic mass is 16.5. The molecule has 0 atom stereocenters. The molecule has 3 rings (SSSR count). The number of aromatic hydroxyl groups is 2. The van der Waals surface area contributed by atoms with Crippen molar-refractivity contribution in [2.75, 3.05) is 0 Å². The van der Waals surface area contributed by atoms with Crippen LogP contribution < -0.4 is 0 Å². The van der Waals surface area contributed by atoms with Crippen LogP contribution in [-0.4, -0.2) is 20.4 Å². The molecule has 5 heteroatoms. The molecule has 0 aliphatic heterocycles. The van der Waals surface area contributed by atoms with Crippen molar-refractivity contribution in [3.05, 3.63) is 48.3 Å². The molecular formula is C15H12N2O3. The van der Waals surface area contributed by atoms with Gasteiger partial charge >= 0.3 is 0 Å². The molecule has 0 amide bonds. The summed E-state index contributed by atoms with van der Waals surface area (Å²) in [5, 5.41) is 23.3. The average molecular weight is 268 g/mol. The van der Waals surface area contributed by atoms with E-state index in [0.29, 0.717) is 28.1 Å². The van der Waals surface area contributed by atoms with Crippen LogP contribution in [0.3, 0.4) is 0 Å². The molecule has 5 nitrogen and oxygen atoms in total. The van der Waals surface area contributed by atoms with Gasteiger partial charge in [-0.05, 0) is 30.7 Å². The number of hydrogen-bond donors (Lipinski definition) is 2. The van der Waals surface area contributed by atoms with Gasteiger partial charge in [0, 0.05) is 12.3 Å². The number of rotatable bonds is 2. The number of aromatic nitrogens is 2. The highest BCUT2D eigenvalue weighted by Crippen LogP contribution is 2.40. The smallest absolute Gasteiger partial charge is 0.180 e. The summed E-state index contributed by atoms with van der Waals surface area (Å²) < 4.78 is 5.28. The molecular weight excluding hydrogens is 256 g/mol. The van der Waals surface area contributed by atoms with E-state index in [1.807, 2.05) is 18.2 Å². The number of aryl methyl sites for hydroxylation is 1. The van der Waals surface area contributed by atoms with Gasteiger partial charge in [0.1, 0.15) is 11.5 Å². The first-order chi connectivity index (χ1) is 9.66. The summed E-state index contributed by atoms with van der Waals surface area (Å²) >= 11 is 0. The Kier molecular flexibility index (Phi) is 2.87. The normalized spacial score (nSPS) is 10.7. The number of phenols is 2. The summed E-state index contributed by atoms with van der Waals surface area (Å²) in [5.74, 6) is 0.373. The van der Waals surface area contributed by atoms with Crippen molar-refractivity contribution in [2.45, 2.75) is 6.92 Å². The lowest BCUT2D eigenvalue weighted by Crippen LogP contribution is -1.87. The molecule has 20 heavy (non-hydrogen) atoms. The summed E-state index contributed by atoms with van der Waals surface area (Å²) in [4.78, 5) is 4.25. The maximum absolute atomic E-state index is 10.0. The Bertz CT molecular complexity index is 728. The van der Waals surface area contributed by atoms with E-state index in [0.717, 1.165) is 0 Å². The minimum Gasteiger partial charge on any atom is -0.508 e. The molecule has 100 valence electrons. The van der Waals surface area contributed by atoms with Gasteiger partial charge in [0.2, 0.25) is 0 Å². The summed E-state index contributed by atoms with van der Waals surface area (Å²) in [6, 6.07) is 8.35. The Morgan fingerprint density at radius 3 is 2.70 bits per heavy atom. The zero-order chi connectivity index (χ0) is 14.1. The first-order valence-corrected chi connectivity index (χ1v) is 6.06. The minimum absolute atomic E-state index is 0.00246. The van der Waals surface area contributed by atoms with E-state index in [-0.39, 0.29) is 11.5 Å². The van der Waals surface area contributed by atoms with E-state index >= 15 is 0 Å². The average Bonchev–Trinajstić information content (AvgIpc) is 2.87. The van der Waals surface area contributed by atoms with Gasteiger partial charge in [-0.25, -0.2) is 0 Å². The molecule has 0 bridgehead atoms. The van der Waals surface area contributed by atoms with E-state index < -0.39 is 0 Å². The predicted molar refractivity (Wildman–Crippen MR) is 73.2 cm³/mol. The van der Waals surface area contributed by atoms with Gasteiger partial charge in [-0.1, -0.05) is 11.2 Å². The molecule has 2 aromatic heterocycles. The fourth-order valence-corrected chi connectivity index (χ4v) is 2.17. The molecule has 3 aromatic rings. The van der Waals surface area contributed by atoms with Gasteiger partial charge in [0.25, 0.3) is 0 Å². The maximum atomic E-state index is 10.0. The first-order valence-electron chi connectivity index (χ1n) is 6.06. The Morgan fingerprint density at radius 2 is 2.00 bits per heavy atom. The minimum atomic E-state index is -0.0589. The maximum Gasteiger partial charge on any atom is 0.180 e. The molecule has 0 fully saturated rings. The quantitative estimate of drug-likeness (QED) is 0.746. The van der Waals surface area contributed by atoms with Crippen molar-refractivity contribution >= 4 is 0 Å². The molecule has 2 N–H and O–H groups in total. The predicted octanol–water partition coefficient (Wildman–Crippen LogP) is 3.12. The standard InChI is InChI=1S/C15H12N2O3/c1-9-6-10(18)7-13(19)14(9)15-11(8-17-20-15)12-4-2-3-5-16-12/h2-8,18-19H,1H3. The van der Waals surface area contributed by atoms with Crippen LogP contribution in [0.25, 0.3) is 22.6 Å². The highest BCUT2D eigenvalue weighted by molar-refractivity contribution is 5.82. The topological polar surface area (TPSA) is 79.4 Å². The second kappa shape index (κ2) is 4.70. The van der Waals surface area contributed by atoms with Crippen LogP contribution in [-0.2, 0) is 0 Å². The fraction of sp³-hybridized carbons (Fsp3) is 0.0667. The molecule has 0 saturated carbocycles. The second-order valence-electron chi connectivity index (χ2n) is 4.44. The molecule has 0 unspecified atom stereocenters. The van der Waals surface area contributed by atoms with Gasteiger partial charge in [0.15, 0.2) is 5.76 Å².